The third kappa shape index (κ3) is 3.50. The Morgan fingerprint density at radius 2 is 2.16 bits per heavy atom. The van der Waals surface area contributed by atoms with Crippen molar-refractivity contribution >= 4 is 23.6 Å². The van der Waals surface area contributed by atoms with Gasteiger partial charge in [0.1, 0.15) is 5.37 Å². The Morgan fingerprint density at radius 1 is 1.42 bits per heavy atom. The number of ether oxygens (including phenoxy) is 1. The van der Waals surface area contributed by atoms with Crippen LogP contribution in [0.1, 0.15) is 24.3 Å². The number of nitrogens with zero attached hydrogens (tertiary/aromatic N) is 1. The molecule has 1 aromatic rings. The second-order valence-electron chi connectivity index (χ2n) is 4.22. The van der Waals surface area contributed by atoms with Gasteiger partial charge in [0.05, 0.1) is 18.8 Å². The zero-order valence-electron chi connectivity index (χ0n) is 10.9. The standard InChI is InChI=1S/C14H17NO3S/c1-2-18-13(17)8-9-15-12(16)10-19-14(15)11-6-4-3-5-7-11/h3-7,14H,2,8-10H2,1H3. The van der Waals surface area contributed by atoms with Crippen molar-refractivity contribution in [3.8, 4) is 0 Å². The molecule has 0 N–H and O–H groups in total. The summed E-state index contributed by atoms with van der Waals surface area (Å²) in [5.41, 5.74) is 1.10. The maximum Gasteiger partial charge on any atom is 0.307 e. The highest BCUT2D eigenvalue weighted by Gasteiger charge is 2.32. The average Bonchev–Trinajstić information content (AvgIpc) is 2.79. The highest BCUT2D eigenvalue weighted by atomic mass is 32.2. The van der Waals surface area contributed by atoms with Crippen molar-refractivity contribution in [2.24, 2.45) is 0 Å². The molecule has 5 heteroatoms. The lowest BCUT2D eigenvalue weighted by Crippen LogP contribution is -2.30. The number of rotatable bonds is 5. The number of esters is 1. The highest BCUT2D eigenvalue weighted by molar-refractivity contribution is 8.00. The Balaban J connectivity index is 2.00. The summed E-state index contributed by atoms with van der Waals surface area (Å²) in [4.78, 5) is 25.0. The van der Waals surface area contributed by atoms with Crippen molar-refractivity contribution in [2.75, 3.05) is 18.9 Å². The number of hydrogen-bond donors (Lipinski definition) is 0. The van der Waals surface area contributed by atoms with Crippen LogP contribution in [0.15, 0.2) is 30.3 Å². The van der Waals surface area contributed by atoms with Gasteiger partial charge in [0.15, 0.2) is 0 Å². The van der Waals surface area contributed by atoms with E-state index in [0.29, 0.717) is 18.9 Å². The van der Waals surface area contributed by atoms with Crippen LogP contribution in [-0.4, -0.2) is 35.7 Å². The van der Waals surface area contributed by atoms with Gasteiger partial charge >= 0.3 is 5.97 Å². The van der Waals surface area contributed by atoms with Gasteiger partial charge in [-0.05, 0) is 12.5 Å². The van der Waals surface area contributed by atoms with E-state index < -0.39 is 0 Å². The molecule has 1 aliphatic rings. The van der Waals surface area contributed by atoms with Crippen LogP contribution in [0.25, 0.3) is 0 Å². The molecule has 1 saturated heterocycles. The van der Waals surface area contributed by atoms with E-state index in [1.807, 2.05) is 30.3 Å². The summed E-state index contributed by atoms with van der Waals surface area (Å²) in [6, 6.07) is 9.89. The van der Waals surface area contributed by atoms with Gasteiger partial charge in [0.25, 0.3) is 0 Å². The molecule has 102 valence electrons. The quantitative estimate of drug-likeness (QED) is 0.775. The number of thioether (sulfide) groups is 1. The van der Waals surface area contributed by atoms with Gasteiger partial charge in [-0.25, -0.2) is 0 Å². The Morgan fingerprint density at radius 3 is 2.84 bits per heavy atom. The minimum Gasteiger partial charge on any atom is -0.466 e. The van der Waals surface area contributed by atoms with Gasteiger partial charge in [-0.3, -0.25) is 9.59 Å². The van der Waals surface area contributed by atoms with E-state index in [2.05, 4.69) is 0 Å². The molecule has 1 heterocycles. The van der Waals surface area contributed by atoms with Crippen LogP contribution in [0.2, 0.25) is 0 Å². The zero-order valence-corrected chi connectivity index (χ0v) is 11.7. The molecule has 4 nitrogen and oxygen atoms in total. The topological polar surface area (TPSA) is 46.6 Å². The molecule has 0 aromatic heterocycles. The molecule has 1 unspecified atom stereocenters. The predicted octanol–water partition coefficient (Wildman–Crippen LogP) is 2.21. The normalized spacial score (nSPS) is 18.7. The maximum absolute atomic E-state index is 11.9. The highest BCUT2D eigenvalue weighted by Crippen LogP contribution is 2.38. The third-order valence-corrected chi connectivity index (χ3v) is 4.17. The summed E-state index contributed by atoms with van der Waals surface area (Å²) in [5, 5.41) is 0.0168. The summed E-state index contributed by atoms with van der Waals surface area (Å²) >= 11 is 1.60. The van der Waals surface area contributed by atoms with Crippen molar-refractivity contribution in [3.63, 3.8) is 0 Å². The van der Waals surface area contributed by atoms with Crippen LogP contribution < -0.4 is 0 Å². The lowest BCUT2D eigenvalue weighted by molar-refractivity contribution is -0.143. The molecule has 1 aliphatic heterocycles. The van der Waals surface area contributed by atoms with Crippen LogP contribution >= 0.6 is 11.8 Å². The van der Waals surface area contributed by atoms with E-state index in [1.54, 1.807) is 23.6 Å². The fourth-order valence-corrected chi connectivity index (χ4v) is 3.25. The average molecular weight is 279 g/mol. The van der Waals surface area contributed by atoms with Crippen LogP contribution in [0, 0.1) is 0 Å². The van der Waals surface area contributed by atoms with E-state index in [9.17, 15) is 9.59 Å². The van der Waals surface area contributed by atoms with Crippen molar-refractivity contribution in [2.45, 2.75) is 18.7 Å². The summed E-state index contributed by atoms with van der Waals surface area (Å²) in [5.74, 6) is 0.310. The molecule has 0 bridgehead atoms. The summed E-state index contributed by atoms with van der Waals surface area (Å²) in [7, 11) is 0. The van der Waals surface area contributed by atoms with Crippen LogP contribution in [0.4, 0.5) is 0 Å². The summed E-state index contributed by atoms with van der Waals surface area (Å²) < 4.78 is 4.89. The Labute approximate surface area is 117 Å². The Kier molecular flexibility index (Phi) is 4.85. The first kappa shape index (κ1) is 13.9. The minimum absolute atomic E-state index is 0.0168. The molecule has 0 spiro atoms. The van der Waals surface area contributed by atoms with E-state index in [4.69, 9.17) is 4.74 Å². The predicted molar refractivity (Wildman–Crippen MR) is 74.6 cm³/mol. The van der Waals surface area contributed by atoms with Gasteiger partial charge in [0.2, 0.25) is 5.91 Å². The Hall–Kier alpha value is -1.49. The van der Waals surface area contributed by atoms with Crippen molar-refractivity contribution in [3.05, 3.63) is 35.9 Å². The largest absolute Gasteiger partial charge is 0.466 e. The van der Waals surface area contributed by atoms with Gasteiger partial charge in [-0.15, -0.1) is 11.8 Å². The van der Waals surface area contributed by atoms with Crippen LogP contribution in [-0.2, 0) is 14.3 Å². The molecule has 1 aromatic carbocycles. The van der Waals surface area contributed by atoms with Gasteiger partial charge in [0, 0.05) is 6.54 Å². The molecule has 0 radical (unpaired) electrons. The lowest BCUT2D eigenvalue weighted by Gasteiger charge is -2.23. The fourth-order valence-electron chi connectivity index (χ4n) is 2.03. The first-order valence-corrected chi connectivity index (χ1v) is 7.39. The van der Waals surface area contributed by atoms with E-state index in [-0.39, 0.29) is 23.7 Å². The maximum atomic E-state index is 11.9. The number of carbonyl (C=O) groups excluding carboxylic acids is 2. The van der Waals surface area contributed by atoms with E-state index in [0.717, 1.165) is 5.56 Å². The second-order valence-corrected chi connectivity index (χ2v) is 5.28. The van der Waals surface area contributed by atoms with Gasteiger partial charge in [-0.2, -0.15) is 0 Å². The summed E-state index contributed by atoms with van der Waals surface area (Å²) in [6.07, 6.45) is 0.253. The number of hydrogen-bond acceptors (Lipinski definition) is 4. The van der Waals surface area contributed by atoms with Gasteiger partial charge < -0.3 is 9.64 Å². The first-order valence-electron chi connectivity index (χ1n) is 6.34. The number of amides is 1. The van der Waals surface area contributed by atoms with E-state index >= 15 is 0 Å². The lowest BCUT2D eigenvalue weighted by atomic mass is 10.2. The Bertz CT molecular complexity index is 449. The smallest absolute Gasteiger partial charge is 0.307 e. The van der Waals surface area contributed by atoms with E-state index in [1.165, 1.54) is 0 Å². The number of benzene rings is 1. The van der Waals surface area contributed by atoms with Gasteiger partial charge in [-0.1, -0.05) is 30.3 Å². The second kappa shape index (κ2) is 6.61. The van der Waals surface area contributed by atoms with Crippen molar-refractivity contribution in [1.29, 1.82) is 0 Å². The molecule has 19 heavy (non-hydrogen) atoms. The van der Waals surface area contributed by atoms with Crippen LogP contribution in [0.3, 0.4) is 0 Å². The molecule has 0 saturated carbocycles. The summed E-state index contributed by atoms with van der Waals surface area (Å²) in [6.45, 7) is 2.58. The molecule has 1 amide bonds. The monoisotopic (exact) mass is 279 g/mol. The zero-order chi connectivity index (χ0) is 13.7. The molecule has 1 atom stereocenters. The molecule has 0 aliphatic carbocycles. The molecular formula is C14H17NO3S. The van der Waals surface area contributed by atoms with Crippen molar-refractivity contribution in [1.82, 2.24) is 4.90 Å². The molecule has 1 fully saturated rings. The first-order chi connectivity index (χ1) is 9.22. The third-order valence-electron chi connectivity index (χ3n) is 2.91. The molecule has 2 rings (SSSR count). The van der Waals surface area contributed by atoms with Crippen molar-refractivity contribution < 1.29 is 14.3 Å². The minimum atomic E-state index is -0.251. The number of carbonyl (C=O) groups is 2. The SMILES string of the molecule is CCOC(=O)CCN1C(=O)CSC1c1ccccc1. The van der Waals surface area contributed by atoms with Crippen LogP contribution in [0.5, 0.6) is 0 Å². The fraction of sp³-hybridized carbons (Fsp3) is 0.429. The molecular weight excluding hydrogens is 262 g/mol.